The maximum Gasteiger partial charge on any atom is 0.335 e. The summed E-state index contributed by atoms with van der Waals surface area (Å²) >= 11 is 0. The molecule has 3 nitrogen and oxygen atoms in total. The number of likely N-dealkylation sites (N-methyl/N-ethyl adjacent to an activating group) is 1. The minimum atomic E-state index is -0.135. The minimum absolute atomic E-state index is 0.135. The van der Waals surface area contributed by atoms with Crippen LogP contribution < -0.4 is 0 Å². The first kappa shape index (κ1) is 8.48. The van der Waals surface area contributed by atoms with Crippen molar-refractivity contribution in [1.29, 1.82) is 0 Å². The molecule has 3 atom stereocenters. The molecule has 0 amide bonds. The number of hydrogen-bond donors (Lipinski definition) is 0. The van der Waals surface area contributed by atoms with Crippen molar-refractivity contribution < 1.29 is 9.53 Å². The van der Waals surface area contributed by atoms with Crippen LogP contribution in [-0.4, -0.2) is 37.1 Å². The molecule has 0 bridgehead atoms. The number of methoxy groups -OCH3 is 1. The molecule has 1 saturated heterocycles. The summed E-state index contributed by atoms with van der Waals surface area (Å²) in [7, 11) is 3.58. The summed E-state index contributed by atoms with van der Waals surface area (Å²) in [5.41, 5.74) is 1.32. The SMILES string of the molecule is COC(=O)C1=CCC23CCC2N(C)C13. The number of hydrogen-bond acceptors (Lipinski definition) is 3. The predicted molar refractivity (Wildman–Crippen MR) is 51.7 cm³/mol. The fraction of sp³-hybridized carbons (Fsp3) is 0.727. The summed E-state index contributed by atoms with van der Waals surface area (Å²) in [5, 5.41) is 0. The van der Waals surface area contributed by atoms with Gasteiger partial charge in [0.2, 0.25) is 0 Å². The first-order valence-corrected chi connectivity index (χ1v) is 5.21. The zero-order valence-corrected chi connectivity index (χ0v) is 8.62. The quantitative estimate of drug-likeness (QED) is 0.581. The molecule has 0 N–H and O–H groups in total. The molecule has 2 fully saturated rings. The van der Waals surface area contributed by atoms with Crippen LogP contribution in [0.3, 0.4) is 0 Å². The highest BCUT2D eigenvalue weighted by atomic mass is 16.5. The summed E-state index contributed by atoms with van der Waals surface area (Å²) < 4.78 is 4.81. The minimum Gasteiger partial charge on any atom is -0.466 e. The van der Waals surface area contributed by atoms with Crippen molar-refractivity contribution in [3.05, 3.63) is 11.6 Å². The molecule has 2 aliphatic carbocycles. The Kier molecular flexibility index (Phi) is 1.45. The summed E-state index contributed by atoms with van der Waals surface area (Å²) in [5.74, 6) is -0.135. The zero-order valence-electron chi connectivity index (χ0n) is 8.62. The van der Waals surface area contributed by atoms with Gasteiger partial charge in [-0.25, -0.2) is 4.79 Å². The van der Waals surface area contributed by atoms with Crippen molar-refractivity contribution >= 4 is 5.97 Å². The third-order valence-electron chi connectivity index (χ3n) is 4.41. The molecule has 1 spiro atoms. The number of esters is 1. The van der Waals surface area contributed by atoms with Gasteiger partial charge in [0.15, 0.2) is 0 Å². The number of ether oxygens (including phenoxy) is 1. The van der Waals surface area contributed by atoms with Crippen molar-refractivity contribution in [2.24, 2.45) is 5.41 Å². The fourth-order valence-electron chi connectivity index (χ4n) is 3.68. The Bertz CT molecular complexity index is 336. The van der Waals surface area contributed by atoms with E-state index in [1.165, 1.54) is 20.0 Å². The summed E-state index contributed by atoms with van der Waals surface area (Å²) in [4.78, 5) is 13.8. The third kappa shape index (κ3) is 0.682. The molecule has 1 heterocycles. The van der Waals surface area contributed by atoms with E-state index in [0.29, 0.717) is 11.5 Å². The molecule has 3 heteroatoms. The molecule has 1 saturated carbocycles. The van der Waals surface area contributed by atoms with Crippen LogP contribution in [0.4, 0.5) is 0 Å². The Morgan fingerprint density at radius 3 is 3.07 bits per heavy atom. The number of piperidine rings is 1. The van der Waals surface area contributed by atoms with E-state index in [-0.39, 0.29) is 5.97 Å². The van der Waals surface area contributed by atoms with Gasteiger partial charge in [-0.2, -0.15) is 0 Å². The summed E-state index contributed by atoms with van der Waals surface area (Å²) in [6, 6.07) is 1.08. The lowest BCUT2D eigenvalue weighted by Gasteiger charge is -2.67. The number of nitrogens with zero attached hydrogens (tertiary/aromatic N) is 1. The van der Waals surface area contributed by atoms with E-state index in [1.54, 1.807) is 0 Å². The lowest BCUT2D eigenvalue weighted by atomic mass is 9.52. The van der Waals surface area contributed by atoms with Gasteiger partial charge >= 0.3 is 5.97 Å². The van der Waals surface area contributed by atoms with Crippen molar-refractivity contribution in [2.45, 2.75) is 31.3 Å². The van der Waals surface area contributed by atoms with Crippen molar-refractivity contribution in [3.8, 4) is 0 Å². The smallest absolute Gasteiger partial charge is 0.335 e. The lowest BCUT2D eigenvalue weighted by Crippen LogP contribution is -2.74. The van der Waals surface area contributed by atoms with E-state index >= 15 is 0 Å². The van der Waals surface area contributed by atoms with Crippen LogP contribution in [0.1, 0.15) is 19.3 Å². The Morgan fingerprint density at radius 2 is 2.50 bits per heavy atom. The molecule has 3 aliphatic rings. The molecule has 0 aromatic heterocycles. The second kappa shape index (κ2) is 2.40. The molecule has 1 aliphatic heterocycles. The molecule has 3 unspecified atom stereocenters. The lowest BCUT2D eigenvalue weighted by molar-refractivity contribution is -0.172. The zero-order chi connectivity index (χ0) is 9.92. The van der Waals surface area contributed by atoms with Crippen LogP contribution in [0.15, 0.2) is 11.6 Å². The van der Waals surface area contributed by atoms with E-state index in [4.69, 9.17) is 4.74 Å². The van der Waals surface area contributed by atoms with Gasteiger partial charge in [0.1, 0.15) is 0 Å². The number of carbonyl (C=O) groups is 1. The fourth-order valence-corrected chi connectivity index (χ4v) is 3.68. The van der Waals surface area contributed by atoms with Gasteiger partial charge < -0.3 is 4.74 Å². The standard InChI is InChI=1S/C11H15NO2/c1-12-8-4-6-11(8)5-3-7(9(11)12)10(13)14-2/h3,8-9H,4-6H2,1-2H3. The Balaban J connectivity index is 1.88. The molecular formula is C11H15NO2. The molecule has 76 valence electrons. The summed E-state index contributed by atoms with van der Waals surface area (Å²) in [6.07, 6.45) is 5.75. The van der Waals surface area contributed by atoms with Crippen molar-refractivity contribution in [2.75, 3.05) is 14.2 Å². The molecule has 14 heavy (non-hydrogen) atoms. The van der Waals surface area contributed by atoms with Crippen LogP contribution >= 0.6 is 0 Å². The van der Waals surface area contributed by atoms with Gasteiger partial charge in [0.25, 0.3) is 0 Å². The van der Waals surface area contributed by atoms with Gasteiger partial charge in [0, 0.05) is 17.5 Å². The molecule has 0 aromatic rings. The molecule has 3 rings (SSSR count). The maximum absolute atomic E-state index is 11.5. The van der Waals surface area contributed by atoms with Crippen molar-refractivity contribution in [1.82, 2.24) is 4.90 Å². The third-order valence-corrected chi connectivity index (χ3v) is 4.41. The van der Waals surface area contributed by atoms with E-state index in [2.05, 4.69) is 18.0 Å². The highest BCUT2D eigenvalue weighted by Gasteiger charge is 2.67. The van der Waals surface area contributed by atoms with Crippen LogP contribution in [-0.2, 0) is 9.53 Å². The number of likely N-dealkylation sites (tertiary alicyclic amines) is 1. The van der Waals surface area contributed by atoms with Gasteiger partial charge in [-0.05, 0) is 26.3 Å². The van der Waals surface area contributed by atoms with Gasteiger partial charge in [-0.3, -0.25) is 4.90 Å². The average Bonchev–Trinajstić information content (AvgIpc) is 2.54. The maximum atomic E-state index is 11.5. The van der Waals surface area contributed by atoms with Gasteiger partial charge in [-0.1, -0.05) is 6.08 Å². The Hall–Kier alpha value is -0.830. The van der Waals surface area contributed by atoms with E-state index in [9.17, 15) is 4.79 Å². The summed E-state index contributed by atoms with van der Waals surface area (Å²) in [6.45, 7) is 0. The Labute approximate surface area is 83.7 Å². The Morgan fingerprint density at radius 1 is 1.71 bits per heavy atom. The highest BCUT2D eigenvalue weighted by Crippen LogP contribution is 2.64. The number of allylic oxidation sites excluding steroid dienone is 1. The largest absolute Gasteiger partial charge is 0.466 e. The average molecular weight is 193 g/mol. The van der Waals surface area contributed by atoms with Crippen LogP contribution in [0.5, 0.6) is 0 Å². The molecular weight excluding hydrogens is 178 g/mol. The molecule has 0 radical (unpaired) electrons. The van der Waals surface area contributed by atoms with E-state index < -0.39 is 0 Å². The topological polar surface area (TPSA) is 29.5 Å². The highest BCUT2D eigenvalue weighted by molar-refractivity contribution is 5.91. The van der Waals surface area contributed by atoms with E-state index in [1.807, 2.05) is 0 Å². The van der Waals surface area contributed by atoms with Crippen molar-refractivity contribution in [3.63, 3.8) is 0 Å². The first-order valence-electron chi connectivity index (χ1n) is 5.21. The van der Waals surface area contributed by atoms with Crippen LogP contribution in [0.25, 0.3) is 0 Å². The van der Waals surface area contributed by atoms with Gasteiger partial charge in [-0.15, -0.1) is 0 Å². The van der Waals surface area contributed by atoms with Gasteiger partial charge in [0.05, 0.1) is 12.7 Å². The second-order valence-corrected chi connectivity index (χ2v) is 4.71. The van der Waals surface area contributed by atoms with Crippen LogP contribution in [0, 0.1) is 5.41 Å². The predicted octanol–water partition coefficient (Wildman–Crippen LogP) is 0.952. The normalized spacial score (nSPS) is 44.3. The van der Waals surface area contributed by atoms with Crippen LogP contribution in [0.2, 0.25) is 0 Å². The first-order chi connectivity index (χ1) is 6.70. The monoisotopic (exact) mass is 193 g/mol. The second-order valence-electron chi connectivity index (χ2n) is 4.71. The molecule has 0 aromatic carbocycles. The number of rotatable bonds is 1. The number of carbonyl (C=O) groups excluding carboxylic acids is 1. The van der Waals surface area contributed by atoms with E-state index in [0.717, 1.165) is 18.0 Å².